The Labute approximate surface area is 142 Å². The molecule has 13 nitrogen and oxygen atoms in total. The van der Waals surface area contributed by atoms with Crippen molar-refractivity contribution in [1.82, 2.24) is 5.48 Å². The third-order valence-corrected chi connectivity index (χ3v) is 2.34. The molecule has 0 fully saturated rings. The van der Waals surface area contributed by atoms with E-state index in [1.165, 1.54) is 6.92 Å². The van der Waals surface area contributed by atoms with E-state index in [1.54, 1.807) is 0 Å². The topological polar surface area (TPSA) is 214 Å². The predicted molar refractivity (Wildman–Crippen MR) is 79.1 cm³/mol. The summed E-state index contributed by atoms with van der Waals surface area (Å²) in [6.45, 7) is -1.25. The zero-order valence-corrected chi connectivity index (χ0v) is 13.5. The molecule has 0 aliphatic heterocycles. The summed E-state index contributed by atoms with van der Waals surface area (Å²) in [6, 6.07) is 0. The van der Waals surface area contributed by atoms with Gasteiger partial charge in [0.2, 0.25) is 0 Å². The van der Waals surface area contributed by atoms with Gasteiger partial charge >= 0.3 is 29.8 Å². The molecule has 0 saturated heterocycles. The molecule has 13 heteroatoms. The van der Waals surface area contributed by atoms with Gasteiger partial charge in [-0.1, -0.05) is 0 Å². The van der Waals surface area contributed by atoms with Gasteiger partial charge in [0.1, 0.15) is 0 Å². The Morgan fingerprint density at radius 1 is 0.840 bits per heavy atom. The van der Waals surface area contributed by atoms with Crippen molar-refractivity contribution in [1.29, 1.82) is 0 Å². The molecule has 144 valence electrons. The number of nitrogens with one attached hydrogen (secondary N) is 1. The number of carbonyl (C=O) groups is 5. The maximum atomic E-state index is 10.6. The van der Waals surface area contributed by atoms with Gasteiger partial charge in [0.05, 0.1) is 0 Å². The van der Waals surface area contributed by atoms with Gasteiger partial charge < -0.3 is 31.0 Å². The molecule has 0 atom stereocenters. The fraction of sp³-hybridized carbons (Fsp3) is 0.583. The first-order valence-corrected chi connectivity index (χ1v) is 6.76. The number of aliphatic carboxylic acids is 4. The Balaban J connectivity index is 0. The summed E-state index contributed by atoms with van der Waals surface area (Å²) in [7, 11) is 0. The highest BCUT2D eigenvalue weighted by molar-refractivity contribution is 5.75. The van der Waals surface area contributed by atoms with Crippen molar-refractivity contribution in [2.45, 2.75) is 6.92 Å². The maximum Gasteiger partial charge on any atom is 0.359 e. The minimum Gasteiger partial charge on any atom is -0.477 e. The van der Waals surface area contributed by atoms with Crippen LogP contribution in [0.1, 0.15) is 6.92 Å². The number of nitrogens with zero attached hydrogens (tertiary/aromatic N) is 1. The number of carboxylic acids is 4. The van der Waals surface area contributed by atoms with Crippen LogP contribution in [0.15, 0.2) is 0 Å². The Hall–Kier alpha value is -2.77. The number of carbonyl (C=O) groups excluding carboxylic acids is 1. The summed E-state index contributed by atoms with van der Waals surface area (Å²) in [6.07, 6.45) is 0. The fourth-order valence-electron chi connectivity index (χ4n) is 1.69. The number of hydrogen-bond donors (Lipinski definition) is 6. The zero-order chi connectivity index (χ0) is 20.0. The molecule has 0 aromatic carbocycles. The van der Waals surface area contributed by atoms with E-state index >= 15 is 0 Å². The van der Waals surface area contributed by atoms with Gasteiger partial charge in [0, 0.05) is 20.0 Å². The summed E-state index contributed by atoms with van der Waals surface area (Å²) < 4.78 is -1.07. The Bertz CT molecular complexity index is 424. The lowest BCUT2D eigenvalue weighted by molar-refractivity contribution is -0.900. The molecule has 0 amide bonds. The molecule has 0 aliphatic rings. The molecular formula is C12H22N3O10+. The smallest absolute Gasteiger partial charge is 0.359 e. The number of hydrogen-bond acceptors (Lipinski definition) is 8. The highest BCUT2D eigenvalue weighted by Crippen LogP contribution is 2.07. The monoisotopic (exact) mass is 368 g/mol. The van der Waals surface area contributed by atoms with Crippen LogP contribution in [0, 0.1) is 0 Å². The number of quaternary nitrogens is 1. The summed E-state index contributed by atoms with van der Waals surface area (Å²) in [5, 5.41) is 34.4. The van der Waals surface area contributed by atoms with Crippen LogP contribution in [0.5, 0.6) is 0 Å². The van der Waals surface area contributed by atoms with E-state index in [2.05, 4.69) is 10.3 Å². The Morgan fingerprint density at radius 3 is 1.36 bits per heavy atom. The normalized spacial score (nSPS) is 10.2. The molecule has 7 N–H and O–H groups in total. The average Bonchev–Trinajstić information content (AvgIpc) is 2.34. The highest BCUT2D eigenvalue weighted by atomic mass is 16.7. The largest absolute Gasteiger partial charge is 0.477 e. The SMILES string of the molecule is CC(=O)ONCCN.O=C(O)C[N+](CC(=O)O)(CC(=O)O)CC(=O)O. The number of nitrogens with two attached hydrogens (primary N) is 1. The fourth-order valence-corrected chi connectivity index (χ4v) is 1.69. The first kappa shape index (κ1) is 24.5. The van der Waals surface area contributed by atoms with E-state index in [-0.39, 0.29) is 5.97 Å². The van der Waals surface area contributed by atoms with Crippen LogP contribution in [0.3, 0.4) is 0 Å². The number of hydroxylamine groups is 1. The summed E-state index contributed by atoms with van der Waals surface area (Å²) in [5.41, 5.74) is 7.42. The van der Waals surface area contributed by atoms with Crippen LogP contribution in [-0.4, -0.2) is 94.0 Å². The van der Waals surface area contributed by atoms with Gasteiger partial charge in [-0.2, -0.15) is 5.48 Å². The number of carboxylic acid groups (broad SMARTS) is 4. The molecule has 0 rings (SSSR count). The molecule has 0 aromatic heterocycles. The molecular weight excluding hydrogens is 346 g/mol. The van der Waals surface area contributed by atoms with Crippen molar-refractivity contribution in [3.8, 4) is 0 Å². The molecule has 0 radical (unpaired) electrons. The van der Waals surface area contributed by atoms with Crippen molar-refractivity contribution in [2.75, 3.05) is 39.3 Å². The quantitative estimate of drug-likeness (QED) is 0.123. The van der Waals surface area contributed by atoms with Crippen LogP contribution in [0.2, 0.25) is 0 Å². The molecule has 0 aliphatic carbocycles. The van der Waals surface area contributed by atoms with Gasteiger partial charge in [-0.15, -0.1) is 0 Å². The molecule has 25 heavy (non-hydrogen) atoms. The van der Waals surface area contributed by atoms with E-state index in [0.29, 0.717) is 13.1 Å². The molecule has 0 bridgehead atoms. The summed E-state index contributed by atoms with van der Waals surface area (Å²) >= 11 is 0. The van der Waals surface area contributed by atoms with E-state index in [9.17, 15) is 24.0 Å². The van der Waals surface area contributed by atoms with Gasteiger partial charge in [0.25, 0.3) is 0 Å². The van der Waals surface area contributed by atoms with Crippen LogP contribution in [-0.2, 0) is 28.8 Å². The lowest BCUT2D eigenvalue weighted by atomic mass is 10.3. The molecule has 0 heterocycles. The van der Waals surface area contributed by atoms with Crippen molar-refractivity contribution in [3.63, 3.8) is 0 Å². The molecule has 0 spiro atoms. The van der Waals surface area contributed by atoms with Crippen LogP contribution >= 0.6 is 0 Å². The Morgan fingerprint density at radius 2 is 1.16 bits per heavy atom. The summed E-state index contributed by atoms with van der Waals surface area (Å²) in [5.74, 6) is -6.21. The van der Waals surface area contributed by atoms with Crippen molar-refractivity contribution in [3.05, 3.63) is 0 Å². The van der Waals surface area contributed by atoms with E-state index in [1.807, 2.05) is 0 Å². The minimum atomic E-state index is -1.46. The first-order chi connectivity index (χ1) is 11.4. The van der Waals surface area contributed by atoms with E-state index in [4.69, 9.17) is 26.2 Å². The second-order valence-electron chi connectivity index (χ2n) is 4.83. The molecule has 0 saturated carbocycles. The first-order valence-electron chi connectivity index (χ1n) is 6.76. The summed E-state index contributed by atoms with van der Waals surface area (Å²) in [4.78, 5) is 56.6. The van der Waals surface area contributed by atoms with Crippen molar-refractivity contribution in [2.24, 2.45) is 5.73 Å². The molecule has 0 unspecified atom stereocenters. The second kappa shape index (κ2) is 12.6. The standard InChI is InChI=1S/C8H11NO8.C4H10N2O2/c10-5(11)1-9(2-6(12)13,3-7(14)15)4-8(16)17;1-4(7)8-6-3-2-5/h1-4H2,(H3-,10,11,12,13,14,15,16,17);6H,2-3,5H2,1H3/p+1. The predicted octanol–water partition coefficient (Wildman–Crippen LogP) is -2.85. The van der Waals surface area contributed by atoms with Crippen LogP contribution in [0.4, 0.5) is 0 Å². The van der Waals surface area contributed by atoms with Crippen molar-refractivity contribution >= 4 is 29.8 Å². The third kappa shape index (κ3) is 15.9. The van der Waals surface area contributed by atoms with E-state index in [0.717, 1.165) is 0 Å². The van der Waals surface area contributed by atoms with Crippen molar-refractivity contribution < 1.29 is 53.7 Å². The maximum absolute atomic E-state index is 10.6. The second-order valence-corrected chi connectivity index (χ2v) is 4.83. The van der Waals surface area contributed by atoms with Gasteiger partial charge in [-0.3, -0.25) is 9.28 Å². The Kier molecular flexibility index (Phi) is 12.4. The van der Waals surface area contributed by atoms with Gasteiger partial charge in [-0.05, 0) is 0 Å². The lowest BCUT2D eigenvalue weighted by Gasteiger charge is -2.32. The van der Waals surface area contributed by atoms with Crippen LogP contribution in [0.25, 0.3) is 0 Å². The lowest BCUT2D eigenvalue weighted by Crippen LogP contribution is -2.58. The van der Waals surface area contributed by atoms with Crippen LogP contribution < -0.4 is 11.2 Å². The van der Waals surface area contributed by atoms with Gasteiger partial charge in [0.15, 0.2) is 26.2 Å². The third-order valence-electron chi connectivity index (χ3n) is 2.34. The number of rotatable bonds is 11. The zero-order valence-electron chi connectivity index (χ0n) is 13.5. The minimum absolute atomic E-state index is 0.349. The highest BCUT2D eigenvalue weighted by Gasteiger charge is 2.38. The van der Waals surface area contributed by atoms with E-state index < -0.39 is 54.5 Å². The molecule has 0 aromatic rings. The average molecular weight is 368 g/mol. The van der Waals surface area contributed by atoms with Gasteiger partial charge in [-0.25, -0.2) is 19.2 Å².